The summed E-state index contributed by atoms with van der Waals surface area (Å²) in [6.07, 6.45) is 1.33. The Hall–Kier alpha value is -1.74. The molecule has 0 aromatic rings. The third-order valence-electron chi connectivity index (χ3n) is 1.71. The van der Waals surface area contributed by atoms with E-state index in [9.17, 15) is 9.59 Å². The molecule has 0 fully saturated rings. The summed E-state index contributed by atoms with van der Waals surface area (Å²) < 4.78 is 9.45. The minimum Gasteiger partial charge on any atom is -0.481 e. The third kappa shape index (κ3) is 64.5. The van der Waals surface area contributed by atoms with Crippen molar-refractivity contribution in [3.63, 3.8) is 0 Å². The smallest absolute Gasteiger partial charge is 0.335 e. The fourth-order valence-corrected chi connectivity index (χ4v) is 0.798. The number of ether oxygens (including phenoxy) is 2. The number of carbonyl (C=O) groups excluding carboxylic acids is 1. The van der Waals surface area contributed by atoms with Gasteiger partial charge in [0.05, 0.1) is 26.2 Å². The minimum absolute atomic E-state index is 0.125. The largest absolute Gasteiger partial charge is 0.481 e. The number of aliphatic hydroxyl groups is 3. The topological polar surface area (TPSA) is 134 Å². The molecule has 8 nitrogen and oxygen atoms in total. The van der Waals surface area contributed by atoms with Gasteiger partial charge in [-0.2, -0.15) is 0 Å². The van der Waals surface area contributed by atoms with Crippen molar-refractivity contribution in [1.29, 1.82) is 0 Å². The Labute approximate surface area is 170 Å². The normalized spacial score (nSPS) is 9.36. The lowest BCUT2D eigenvalue weighted by Gasteiger charge is -2.09. The average molecular weight is 411 g/mol. The van der Waals surface area contributed by atoms with Gasteiger partial charge in [0.25, 0.3) is 0 Å². The van der Waals surface area contributed by atoms with Gasteiger partial charge < -0.3 is 29.9 Å². The van der Waals surface area contributed by atoms with Crippen molar-refractivity contribution in [3.8, 4) is 0 Å². The molecule has 1 unspecified atom stereocenters. The standard InChI is InChI=1S/C8H14O5.C4H10O.2C3H6.C2H6O2/c1-5(2)4-13-8(12)6(9)3-7(10)11;1-3-5-4-2;2*1-3-2;3-1-2-4/h5-6,9H,3-4H2,1-2H3,(H,10,11);3-4H2,1-2H3;2*3H,1H2,2H3;3-4H,1-2H2. The molecule has 0 aromatic carbocycles. The zero-order chi connectivity index (χ0) is 23.4. The number of aliphatic carboxylic acids is 1. The first-order valence-corrected chi connectivity index (χ1v) is 9.09. The molecule has 0 aliphatic heterocycles. The van der Waals surface area contributed by atoms with Crippen molar-refractivity contribution in [2.45, 2.75) is 54.1 Å². The number of hydrogen-bond donors (Lipinski definition) is 4. The van der Waals surface area contributed by atoms with E-state index in [0.717, 1.165) is 13.2 Å². The molecule has 0 saturated heterocycles. The summed E-state index contributed by atoms with van der Waals surface area (Å²) in [6.45, 7) is 19.8. The molecule has 0 bridgehead atoms. The lowest BCUT2D eigenvalue weighted by Crippen LogP contribution is -2.27. The number of rotatable bonds is 8. The fourth-order valence-electron chi connectivity index (χ4n) is 0.798. The van der Waals surface area contributed by atoms with Crippen molar-refractivity contribution < 1.29 is 39.5 Å². The minimum atomic E-state index is -1.56. The van der Waals surface area contributed by atoms with Crippen molar-refractivity contribution in [3.05, 3.63) is 25.3 Å². The summed E-state index contributed by atoms with van der Waals surface area (Å²) in [5.41, 5.74) is 0. The second-order valence-electron chi connectivity index (χ2n) is 5.18. The highest BCUT2D eigenvalue weighted by Crippen LogP contribution is 1.98. The van der Waals surface area contributed by atoms with Gasteiger partial charge in [-0.05, 0) is 33.6 Å². The van der Waals surface area contributed by atoms with Crippen LogP contribution < -0.4 is 0 Å². The molecule has 0 heterocycles. The molecule has 170 valence electrons. The Balaban J connectivity index is -0.0000000965. The van der Waals surface area contributed by atoms with E-state index in [1.54, 1.807) is 12.2 Å². The maximum absolute atomic E-state index is 10.8. The number of aliphatic hydroxyl groups excluding tert-OH is 3. The molecule has 0 aliphatic rings. The first-order chi connectivity index (χ1) is 13.1. The van der Waals surface area contributed by atoms with Gasteiger partial charge in [-0.1, -0.05) is 26.0 Å². The van der Waals surface area contributed by atoms with Gasteiger partial charge in [-0.15, -0.1) is 13.2 Å². The zero-order valence-corrected chi connectivity index (χ0v) is 18.4. The molecule has 0 spiro atoms. The first kappa shape index (κ1) is 37.1. The van der Waals surface area contributed by atoms with Gasteiger partial charge in [0.2, 0.25) is 0 Å². The Morgan fingerprint density at radius 1 is 1.00 bits per heavy atom. The van der Waals surface area contributed by atoms with Crippen LogP contribution in [0.15, 0.2) is 25.3 Å². The van der Waals surface area contributed by atoms with Crippen LogP contribution in [0.5, 0.6) is 0 Å². The first-order valence-electron chi connectivity index (χ1n) is 9.09. The molecular formula is C20H42O8. The van der Waals surface area contributed by atoms with Gasteiger partial charge in [0.1, 0.15) is 0 Å². The highest BCUT2D eigenvalue weighted by molar-refractivity contribution is 5.80. The maximum Gasteiger partial charge on any atom is 0.335 e. The summed E-state index contributed by atoms with van der Waals surface area (Å²) in [6, 6.07) is 0. The number of hydrogen-bond acceptors (Lipinski definition) is 7. The van der Waals surface area contributed by atoms with E-state index < -0.39 is 24.5 Å². The van der Waals surface area contributed by atoms with Crippen LogP contribution in [-0.2, 0) is 19.1 Å². The SMILES string of the molecule is C=CC.C=CC.CC(C)COC(=O)C(O)CC(=O)O.CCOCC.OCCO. The van der Waals surface area contributed by atoms with Gasteiger partial charge in [-0.25, -0.2) is 4.79 Å². The van der Waals surface area contributed by atoms with Crippen molar-refractivity contribution in [2.75, 3.05) is 33.0 Å². The molecule has 0 rings (SSSR count). The van der Waals surface area contributed by atoms with E-state index in [2.05, 4.69) is 17.9 Å². The Morgan fingerprint density at radius 2 is 1.36 bits per heavy atom. The van der Waals surface area contributed by atoms with Gasteiger partial charge >= 0.3 is 11.9 Å². The van der Waals surface area contributed by atoms with E-state index >= 15 is 0 Å². The van der Waals surface area contributed by atoms with Crippen LogP contribution in [0.25, 0.3) is 0 Å². The average Bonchev–Trinajstić information content (AvgIpc) is 2.62. The summed E-state index contributed by atoms with van der Waals surface area (Å²) >= 11 is 0. The van der Waals surface area contributed by atoms with Crippen LogP contribution in [0.1, 0.15) is 48.0 Å². The summed E-state index contributed by atoms with van der Waals surface area (Å²) in [5, 5.41) is 32.4. The molecule has 8 heteroatoms. The van der Waals surface area contributed by atoms with E-state index in [-0.39, 0.29) is 25.7 Å². The van der Waals surface area contributed by atoms with E-state index in [1.807, 2.05) is 41.5 Å². The molecule has 1 atom stereocenters. The lowest BCUT2D eigenvalue weighted by molar-refractivity contribution is -0.159. The van der Waals surface area contributed by atoms with E-state index in [4.69, 9.17) is 25.2 Å². The Morgan fingerprint density at radius 3 is 1.54 bits per heavy atom. The highest BCUT2D eigenvalue weighted by atomic mass is 16.5. The van der Waals surface area contributed by atoms with Crippen LogP contribution in [0.2, 0.25) is 0 Å². The summed E-state index contributed by atoms with van der Waals surface area (Å²) in [7, 11) is 0. The third-order valence-corrected chi connectivity index (χ3v) is 1.71. The summed E-state index contributed by atoms with van der Waals surface area (Å²) in [5.74, 6) is -1.94. The molecule has 0 radical (unpaired) electrons. The molecule has 0 amide bonds. The molecule has 28 heavy (non-hydrogen) atoms. The van der Waals surface area contributed by atoms with Crippen molar-refractivity contribution in [1.82, 2.24) is 0 Å². The highest BCUT2D eigenvalue weighted by Gasteiger charge is 2.19. The number of carbonyl (C=O) groups is 2. The van der Waals surface area contributed by atoms with Crippen LogP contribution in [0, 0.1) is 5.92 Å². The van der Waals surface area contributed by atoms with E-state index in [1.165, 1.54) is 0 Å². The Kier molecular flexibility index (Phi) is 48.0. The molecular weight excluding hydrogens is 368 g/mol. The van der Waals surface area contributed by atoms with Crippen LogP contribution in [0.3, 0.4) is 0 Å². The predicted molar refractivity (Wildman–Crippen MR) is 112 cm³/mol. The Bertz CT molecular complexity index is 320. The van der Waals surface area contributed by atoms with E-state index in [0.29, 0.717) is 0 Å². The summed E-state index contributed by atoms with van der Waals surface area (Å²) in [4.78, 5) is 20.9. The molecule has 4 N–H and O–H groups in total. The number of carboxylic acids is 1. The molecule has 0 aromatic heterocycles. The van der Waals surface area contributed by atoms with Crippen molar-refractivity contribution >= 4 is 11.9 Å². The second kappa shape index (κ2) is 36.2. The quantitative estimate of drug-likeness (QED) is 0.354. The number of allylic oxidation sites excluding steroid dienone is 2. The fraction of sp³-hybridized carbons (Fsp3) is 0.700. The second-order valence-corrected chi connectivity index (χ2v) is 5.18. The number of esters is 1. The molecule has 0 aliphatic carbocycles. The maximum atomic E-state index is 10.8. The van der Waals surface area contributed by atoms with Gasteiger partial charge in [0.15, 0.2) is 6.10 Å². The van der Waals surface area contributed by atoms with Gasteiger partial charge in [0, 0.05) is 13.2 Å². The molecule has 0 saturated carbocycles. The van der Waals surface area contributed by atoms with Crippen LogP contribution >= 0.6 is 0 Å². The van der Waals surface area contributed by atoms with Crippen molar-refractivity contribution in [2.24, 2.45) is 5.92 Å². The predicted octanol–water partition coefficient (Wildman–Crippen LogP) is 2.42. The van der Waals surface area contributed by atoms with Gasteiger partial charge in [-0.3, -0.25) is 4.79 Å². The van der Waals surface area contributed by atoms with Crippen LogP contribution in [-0.4, -0.2) is 71.5 Å². The lowest BCUT2D eigenvalue weighted by atomic mass is 10.2. The zero-order valence-electron chi connectivity index (χ0n) is 18.4. The monoisotopic (exact) mass is 410 g/mol. The number of carboxylic acid groups (broad SMARTS) is 1. The van der Waals surface area contributed by atoms with Crippen LogP contribution in [0.4, 0.5) is 0 Å².